The summed E-state index contributed by atoms with van der Waals surface area (Å²) >= 11 is 1.59. The van der Waals surface area contributed by atoms with Crippen LogP contribution in [0.3, 0.4) is 0 Å². The van der Waals surface area contributed by atoms with Crippen LogP contribution in [0.1, 0.15) is 6.92 Å². The first-order valence-corrected chi connectivity index (χ1v) is 6.73. The van der Waals surface area contributed by atoms with E-state index in [0.717, 1.165) is 25.2 Å². The van der Waals surface area contributed by atoms with Crippen molar-refractivity contribution in [3.05, 3.63) is 27.3 Å². The predicted molar refractivity (Wildman–Crippen MR) is 80.5 cm³/mol. The number of halogens is 4. The number of nitrogens with one attached hydrogen (secondary N) is 2. The summed E-state index contributed by atoms with van der Waals surface area (Å²) in [5, 5.41) is 5.64. The molecule has 1 saturated heterocycles. The van der Waals surface area contributed by atoms with Gasteiger partial charge < -0.3 is 10.6 Å². The Bertz CT molecular complexity index is 460. The van der Waals surface area contributed by atoms with Gasteiger partial charge >= 0.3 is 0 Å². The molecule has 1 heterocycles. The van der Waals surface area contributed by atoms with E-state index in [1.807, 2.05) is 6.92 Å². The third-order valence-electron chi connectivity index (χ3n) is 3.19. The van der Waals surface area contributed by atoms with Gasteiger partial charge in [-0.25, -0.2) is 8.78 Å². The average Bonchev–Trinajstić information content (AvgIpc) is 2.23. The fourth-order valence-electron chi connectivity index (χ4n) is 1.76. The minimum Gasteiger partial charge on any atom is -0.326 e. The number of anilines is 1. The molecule has 0 aliphatic carbocycles. The Balaban J connectivity index is 0.00000180. The molecule has 0 radical (unpaired) electrons. The zero-order valence-electron chi connectivity index (χ0n) is 10.2. The van der Waals surface area contributed by atoms with Crippen LogP contribution in [0, 0.1) is 27.0 Å². The molecule has 0 spiro atoms. The number of hydrogen-bond acceptors (Lipinski definition) is 2. The molecule has 7 heteroatoms. The Morgan fingerprint density at radius 3 is 2.37 bits per heavy atom. The summed E-state index contributed by atoms with van der Waals surface area (Å²) < 4.78 is 26.6. The third-order valence-corrected chi connectivity index (χ3v) is 4.22. The van der Waals surface area contributed by atoms with Gasteiger partial charge in [-0.15, -0.1) is 12.4 Å². The van der Waals surface area contributed by atoms with Gasteiger partial charge in [0, 0.05) is 11.6 Å². The summed E-state index contributed by atoms with van der Waals surface area (Å²) in [6.07, 6.45) is 0. The summed E-state index contributed by atoms with van der Waals surface area (Å²) in [6, 6.07) is 2.27. The summed E-state index contributed by atoms with van der Waals surface area (Å²) in [7, 11) is 0. The van der Waals surface area contributed by atoms with Gasteiger partial charge in [-0.1, -0.05) is 6.92 Å². The molecule has 106 valence electrons. The standard InChI is InChI=1S/C12H13F2IN2O.ClH/c1-6(7-4-16-5-7)12(18)17-8-2-9(13)11(15)10(14)3-8;/h2-3,6-7,16H,4-5H2,1H3,(H,17,18);1H. The van der Waals surface area contributed by atoms with Gasteiger partial charge in [-0.05, 0) is 53.7 Å². The van der Waals surface area contributed by atoms with Crippen molar-refractivity contribution in [1.29, 1.82) is 0 Å². The molecule has 0 saturated carbocycles. The van der Waals surface area contributed by atoms with E-state index < -0.39 is 11.6 Å². The molecule has 1 aliphatic rings. The highest BCUT2D eigenvalue weighted by Crippen LogP contribution is 2.22. The van der Waals surface area contributed by atoms with Gasteiger partial charge in [0.2, 0.25) is 5.91 Å². The minimum atomic E-state index is -0.663. The highest BCUT2D eigenvalue weighted by Gasteiger charge is 2.28. The van der Waals surface area contributed by atoms with E-state index in [1.54, 1.807) is 22.6 Å². The molecule has 19 heavy (non-hydrogen) atoms. The number of amides is 1. The third kappa shape index (κ3) is 3.76. The Morgan fingerprint density at radius 2 is 1.95 bits per heavy atom. The van der Waals surface area contributed by atoms with Gasteiger partial charge in [-0.3, -0.25) is 4.79 Å². The first-order valence-electron chi connectivity index (χ1n) is 5.65. The van der Waals surface area contributed by atoms with Crippen molar-refractivity contribution in [3.8, 4) is 0 Å². The van der Waals surface area contributed by atoms with Crippen LogP contribution >= 0.6 is 35.0 Å². The lowest BCUT2D eigenvalue weighted by Crippen LogP contribution is -2.48. The molecule has 1 aliphatic heterocycles. The number of carbonyl (C=O) groups excluding carboxylic acids is 1. The molecule has 1 unspecified atom stereocenters. The molecule has 1 atom stereocenters. The summed E-state index contributed by atoms with van der Waals surface area (Å²) in [5.41, 5.74) is 0.162. The Morgan fingerprint density at radius 1 is 1.42 bits per heavy atom. The van der Waals surface area contributed by atoms with Crippen LogP contribution in [0.5, 0.6) is 0 Å². The zero-order valence-corrected chi connectivity index (χ0v) is 13.1. The lowest BCUT2D eigenvalue weighted by Gasteiger charge is -2.31. The van der Waals surface area contributed by atoms with Gasteiger partial charge in [0.05, 0.1) is 3.57 Å². The van der Waals surface area contributed by atoms with E-state index in [4.69, 9.17) is 0 Å². The van der Waals surface area contributed by atoms with Crippen molar-refractivity contribution in [2.24, 2.45) is 11.8 Å². The Hall–Kier alpha value is -0.470. The van der Waals surface area contributed by atoms with Crippen molar-refractivity contribution in [1.82, 2.24) is 5.32 Å². The number of benzene rings is 1. The predicted octanol–water partition coefficient (Wildman–Crippen LogP) is 2.79. The van der Waals surface area contributed by atoms with Gasteiger partial charge in [0.15, 0.2) is 0 Å². The summed E-state index contributed by atoms with van der Waals surface area (Å²) in [4.78, 5) is 11.9. The highest BCUT2D eigenvalue weighted by molar-refractivity contribution is 14.1. The van der Waals surface area contributed by atoms with Crippen molar-refractivity contribution >= 4 is 46.6 Å². The van der Waals surface area contributed by atoms with Crippen LogP contribution in [0.15, 0.2) is 12.1 Å². The second-order valence-corrected chi connectivity index (χ2v) is 5.53. The van der Waals surface area contributed by atoms with Gasteiger partial charge in [0.25, 0.3) is 0 Å². The van der Waals surface area contributed by atoms with E-state index in [1.165, 1.54) is 0 Å². The molecule has 1 aromatic carbocycles. The quantitative estimate of drug-likeness (QED) is 0.603. The first-order chi connectivity index (χ1) is 8.49. The lowest BCUT2D eigenvalue weighted by atomic mass is 9.88. The van der Waals surface area contributed by atoms with Crippen LogP contribution in [0.4, 0.5) is 14.5 Å². The fourth-order valence-corrected chi connectivity index (χ4v) is 2.07. The van der Waals surface area contributed by atoms with E-state index in [2.05, 4.69) is 10.6 Å². The van der Waals surface area contributed by atoms with E-state index in [9.17, 15) is 13.6 Å². The van der Waals surface area contributed by atoms with Crippen molar-refractivity contribution in [3.63, 3.8) is 0 Å². The lowest BCUT2D eigenvalue weighted by molar-refractivity contribution is -0.121. The molecule has 3 nitrogen and oxygen atoms in total. The SMILES string of the molecule is CC(C(=O)Nc1cc(F)c(I)c(F)c1)C1CNC1.Cl. The second-order valence-electron chi connectivity index (χ2n) is 4.45. The molecule has 1 amide bonds. The molecule has 2 N–H and O–H groups in total. The molecular weight excluding hydrogens is 388 g/mol. The van der Waals surface area contributed by atoms with E-state index >= 15 is 0 Å². The van der Waals surface area contributed by atoms with E-state index in [0.29, 0.717) is 5.92 Å². The largest absolute Gasteiger partial charge is 0.326 e. The normalized spacial score (nSPS) is 16.2. The van der Waals surface area contributed by atoms with Crippen LogP contribution in [0.25, 0.3) is 0 Å². The van der Waals surface area contributed by atoms with Crippen molar-refractivity contribution < 1.29 is 13.6 Å². The Labute approximate surface area is 130 Å². The molecule has 0 bridgehead atoms. The molecule has 0 aromatic heterocycles. The molecular formula is C12H14ClF2IN2O. The first kappa shape index (κ1) is 16.6. The average molecular weight is 403 g/mol. The zero-order chi connectivity index (χ0) is 13.3. The number of hydrogen-bond donors (Lipinski definition) is 2. The summed E-state index contributed by atoms with van der Waals surface area (Å²) in [6.45, 7) is 3.44. The summed E-state index contributed by atoms with van der Waals surface area (Å²) in [5.74, 6) is -1.41. The van der Waals surface area contributed by atoms with Crippen LogP contribution in [0.2, 0.25) is 0 Å². The van der Waals surface area contributed by atoms with Gasteiger partial charge in [-0.2, -0.15) is 0 Å². The Kier molecular flexibility index (Phi) is 5.94. The maximum atomic E-state index is 13.3. The van der Waals surface area contributed by atoms with Crippen molar-refractivity contribution in [2.45, 2.75) is 6.92 Å². The fraction of sp³-hybridized carbons (Fsp3) is 0.417. The maximum Gasteiger partial charge on any atom is 0.227 e. The van der Waals surface area contributed by atoms with Crippen LogP contribution in [-0.4, -0.2) is 19.0 Å². The molecule has 2 rings (SSSR count). The second kappa shape index (κ2) is 6.81. The van der Waals surface area contributed by atoms with Gasteiger partial charge in [0.1, 0.15) is 11.6 Å². The smallest absolute Gasteiger partial charge is 0.227 e. The molecule has 1 fully saturated rings. The van der Waals surface area contributed by atoms with Crippen molar-refractivity contribution in [2.75, 3.05) is 18.4 Å². The maximum absolute atomic E-state index is 13.3. The van der Waals surface area contributed by atoms with Crippen LogP contribution < -0.4 is 10.6 Å². The number of carbonyl (C=O) groups is 1. The molecule has 1 aromatic rings. The topological polar surface area (TPSA) is 41.1 Å². The number of rotatable bonds is 3. The monoisotopic (exact) mass is 402 g/mol. The van der Waals surface area contributed by atoms with Crippen LogP contribution in [-0.2, 0) is 4.79 Å². The minimum absolute atomic E-state index is 0. The van der Waals surface area contributed by atoms with E-state index in [-0.39, 0.29) is 33.5 Å². The highest BCUT2D eigenvalue weighted by atomic mass is 127.